The zero-order valence-electron chi connectivity index (χ0n) is 16.0. The number of carbonyl (C=O) groups is 1. The maximum absolute atomic E-state index is 12.5. The van der Waals surface area contributed by atoms with Crippen molar-refractivity contribution < 1.29 is 13.2 Å². The van der Waals surface area contributed by atoms with E-state index in [-0.39, 0.29) is 30.5 Å². The highest BCUT2D eigenvalue weighted by atomic mass is 32.2. The fourth-order valence-electron chi connectivity index (χ4n) is 3.32. The van der Waals surface area contributed by atoms with Crippen LogP contribution in [-0.2, 0) is 16.3 Å². The summed E-state index contributed by atoms with van der Waals surface area (Å²) in [5.41, 5.74) is 2.49. The van der Waals surface area contributed by atoms with E-state index in [0.29, 0.717) is 11.4 Å². The standard InChI is InChI=1S/C20H23N5O3S/c26-20(25-10-12-29(27,28)13-11-25)15-7-8-18(22-14-15)21-9-3-6-19-23-16-4-1-2-5-17(16)24-19/h1-2,4-5,7-8,14H,3,6,9-13H2,(H,21,22)(H,23,24). The highest BCUT2D eigenvalue weighted by molar-refractivity contribution is 7.91. The van der Waals surface area contributed by atoms with Crippen LogP contribution in [0, 0.1) is 0 Å². The van der Waals surface area contributed by atoms with Gasteiger partial charge in [-0.2, -0.15) is 0 Å². The topological polar surface area (TPSA) is 108 Å². The first-order valence-corrected chi connectivity index (χ1v) is 11.5. The van der Waals surface area contributed by atoms with Crippen molar-refractivity contribution >= 4 is 32.6 Å². The van der Waals surface area contributed by atoms with Gasteiger partial charge in [0, 0.05) is 32.3 Å². The predicted octanol–water partition coefficient (Wildman–Crippen LogP) is 1.87. The normalized spacial score (nSPS) is 16.1. The van der Waals surface area contributed by atoms with Crippen LogP contribution in [-0.4, -0.2) is 65.3 Å². The van der Waals surface area contributed by atoms with Crippen LogP contribution in [0.3, 0.4) is 0 Å². The molecule has 3 heterocycles. The second-order valence-electron chi connectivity index (χ2n) is 7.11. The molecule has 3 aromatic rings. The molecule has 0 spiro atoms. The fourth-order valence-corrected chi connectivity index (χ4v) is 4.52. The van der Waals surface area contributed by atoms with Crippen LogP contribution in [0.1, 0.15) is 22.6 Å². The van der Waals surface area contributed by atoms with Gasteiger partial charge in [-0.1, -0.05) is 12.1 Å². The van der Waals surface area contributed by atoms with Crippen molar-refractivity contribution in [1.82, 2.24) is 19.9 Å². The fraction of sp³-hybridized carbons (Fsp3) is 0.350. The number of hydrogen-bond acceptors (Lipinski definition) is 6. The van der Waals surface area contributed by atoms with Gasteiger partial charge in [0.2, 0.25) is 0 Å². The van der Waals surface area contributed by atoms with Gasteiger partial charge >= 0.3 is 0 Å². The molecule has 29 heavy (non-hydrogen) atoms. The van der Waals surface area contributed by atoms with Crippen molar-refractivity contribution in [3.8, 4) is 0 Å². The Kier molecular flexibility index (Phi) is 5.48. The molecule has 1 amide bonds. The van der Waals surface area contributed by atoms with Gasteiger partial charge in [0.25, 0.3) is 5.91 Å². The minimum Gasteiger partial charge on any atom is -0.370 e. The molecular weight excluding hydrogens is 390 g/mol. The number of benzene rings is 1. The second-order valence-corrected chi connectivity index (χ2v) is 9.41. The van der Waals surface area contributed by atoms with Crippen LogP contribution in [0.2, 0.25) is 0 Å². The Morgan fingerprint density at radius 3 is 2.66 bits per heavy atom. The van der Waals surface area contributed by atoms with Crippen LogP contribution >= 0.6 is 0 Å². The summed E-state index contributed by atoms with van der Waals surface area (Å²) in [6, 6.07) is 11.5. The summed E-state index contributed by atoms with van der Waals surface area (Å²) in [6.45, 7) is 1.22. The summed E-state index contributed by atoms with van der Waals surface area (Å²) >= 11 is 0. The van der Waals surface area contributed by atoms with Crippen LogP contribution < -0.4 is 5.32 Å². The minimum atomic E-state index is -3.01. The lowest BCUT2D eigenvalue weighted by Crippen LogP contribution is -2.43. The first kappa shape index (κ1) is 19.4. The summed E-state index contributed by atoms with van der Waals surface area (Å²) in [7, 11) is -3.01. The average Bonchev–Trinajstić information content (AvgIpc) is 3.14. The third kappa shape index (κ3) is 4.73. The molecule has 8 nitrogen and oxygen atoms in total. The largest absolute Gasteiger partial charge is 0.370 e. The molecule has 1 aromatic carbocycles. The van der Waals surface area contributed by atoms with E-state index >= 15 is 0 Å². The first-order chi connectivity index (χ1) is 14.0. The Morgan fingerprint density at radius 1 is 1.14 bits per heavy atom. The molecule has 1 saturated heterocycles. The number of H-pyrrole nitrogens is 1. The van der Waals surface area contributed by atoms with E-state index in [1.54, 1.807) is 17.0 Å². The van der Waals surface area contributed by atoms with Crippen molar-refractivity contribution in [2.45, 2.75) is 12.8 Å². The molecule has 1 aliphatic heterocycles. The maximum Gasteiger partial charge on any atom is 0.255 e. The second kappa shape index (κ2) is 8.20. The zero-order valence-corrected chi connectivity index (χ0v) is 16.8. The van der Waals surface area contributed by atoms with Crippen LogP contribution in [0.4, 0.5) is 5.82 Å². The molecule has 4 rings (SSSR count). The molecule has 0 radical (unpaired) electrons. The molecule has 2 aromatic heterocycles. The lowest BCUT2D eigenvalue weighted by molar-refractivity contribution is 0.0770. The Hall–Kier alpha value is -2.94. The lowest BCUT2D eigenvalue weighted by Gasteiger charge is -2.26. The van der Waals surface area contributed by atoms with E-state index in [2.05, 4.69) is 20.3 Å². The number of nitrogens with one attached hydrogen (secondary N) is 2. The quantitative estimate of drug-likeness (QED) is 0.598. The monoisotopic (exact) mass is 413 g/mol. The number of amides is 1. The van der Waals surface area contributed by atoms with Gasteiger partial charge in [-0.25, -0.2) is 18.4 Å². The molecule has 0 atom stereocenters. The molecule has 1 aliphatic rings. The van der Waals surface area contributed by atoms with Gasteiger partial charge in [0.1, 0.15) is 11.6 Å². The number of pyridine rings is 1. The number of sulfone groups is 1. The molecule has 0 aliphatic carbocycles. The number of carbonyl (C=O) groups excluding carboxylic acids is 1. The number of rotatable bonds is 6. The molecule has 9 heteroatoms. The van der Waals surface area contributed by atoms with Crippen molar-refractivity contribution in [2.24, 2.45) is 0 Å². The number of anilines is 1. The van der Waals surface area contributed by atoms with Gasteiger partial charge in [-0.15, -0.1) is 0 Å². The first-order valence-electron chi connectivity index (χ1n) is 9.63. The number of fused-ring (bicyclic) bond motifs is 1. The van der Waals surface area contributed by atoms with Gasteiger partial charge < -0.3 is 15.2 Å². The van der Waals surface area contributed by atoms with E-state index in [1.807, 2.05) is 24.3 Å². The van der Waals surface area contributed by atoms with E-state index in [0.717, 1.165) is 36.2 Å². The number of imidazole rings is 1. The predicted molar refractivity (Wildman–Crippen MR) is 112 cm³/mol. The third-order valence-corrected chi connectivity index (χ3v) is 6.59. The summed E-state index contributed by atoms with van der Waals surface area (Å²) in [5, 5.41) is 3.25. The highest BCUT2D eigenvalue weighted by Gasteiger charge is 2.25. The zero-order chi connectivity index (χ0) is 20.3. The van der Waals surface area contributed by atoms with Crippen LogP contribution in [0.5, 0.6) is 0 Å². The van der Waals surface area contributed by atoms with Crippen LogP contribution in [0.25, 0.3) is 11.0 Å². The Morgan fingerprint density at radius 2 is 1.93 bits per heavy atom. The molecule has 0 saturated carbocycles. The molecular formula is C20H23N5O3S. The highest BCUT2D eigenvalue weighted by Crippen LogP contribution is 2.13. The number of aromatic amines is 1. The molecule has 0 bridgehead atoms. The van der Waals surface area contributed by atoms with Gasteiger partial charge in [0.15, 0.2) is 9.84 Å². The average molecular weight is 414 g/mol. The number of nitrogens with zero attached hydrogens (tertiary/aromatic N) is 3. The van der Waals surface area contributed by atoms with E-state index in [1.165, 1.54) is 6.20 Å². The van der Waals surface area contributed by atoms with E-state index in [4.69, 9.17) is 0 Å². The maximum atomic E-state index is 12.5. The number of hydrogen-bond donors (Lipinski definition) is 2. The summed E-state index contributed by atoms with van der Waals surface area (Å²) in [6.07, 6.45) is 3.26. The van der Waals surface area contributed by atoms with E-state index < -0.39 is 9.84 Å². The SMILES string of the molecule is O=C(c1ccc(NCCCc2nc3ccccc3[nH]2)nc1)N1CCS(=O)(=O)CC1. The Bertz CT molecular complexity index is 1060. The third-order valence-electron chi connectivity index (χ3n) is 4.98. The summed E-state index contributed by atoms with van der Waals surface area (Å²) < 4.78 is 23.0. The van der Waals surface area contributed by atoms with Gasteiger partial charge in [-0.05, 0) is 30.7 Å². The lowest BCUT2D eigenvalue weighted by atomic mass is 10.2. The number of aryl methyl sites for hydroxylation is 1. The Balaban J connectivity index is 1.25. The van der Waals surface area contributed by atoms with Crippen molar-refractivity contribution in [1.29, 1.82) is 0 Å². The number of aromatic nitrogens is 3. The van der Waals surface area contributed by atoms with Crippen molar-refractivity contribution in [3.05, 3.63) is 54.0 Å². The van der Waals surface area contributed by atoms with E-state index in [9.17, 15) is 13.2 Å². The minimum absolute atomic E-state index is 0.0248. The van der Waals surface area contributed by atoms with Crippen LogP contribution in [0.15, 0.2) is 42.6 Å². The molecule has 152 valence electrons. The molecule has 1 fully saturated rings. The summed E-state index contributed by atoms with van der Waals surface area (Å²) in [5.74, 6) is 1.54. The van der Waals surface area contributed by atoms with Gasteiger partial charge in [0.05, 0.1) is 28.1 Å². The molecule has 0 unspecified atom stereocenters. The number of para-hydroxylation sites is 2. The Labute approximate surface area is 169 Å². The molecule has 2 N–H and O–H groups in total. The van der Waals surface area contributed by atoms with Crippen molar-refractivity contribution in [3.63, 3.8) is 0 Å². The van der Waals surface area contributed by atoms with Crippen molar-refractivity contribution in [2.75, 3.05) is 36.5 Å². The summed E-state index contributed by atoms with van der Waals surface area (Å²) in [4.78, 5) is 26.2. The smallest absolute Gasteiger partial charge is 0.255 e. The van der Waals surface area contributed by atoms with Gasteiger partial charge in [-0.3, -0.25) is 4.79 Å².